The normalized spacial score (nSPS) is 12.8. The minimum Gasteiger partial charge on any atom is -0.368 e. The van der Waals surface area contributed by atoms with E-state index in [1.807, 2.05) is 0 Å². The second kappa shape index (κ2) is 4.61. The number of sulfone groups is 1. The highest BCUT2D eigenvalue weighted by molar-refractivity contribution is 7.92. The Balaban J connectivity index is 2.30. The minimum absolute atomic E-state index is 0.0661. The molecule has 2 heterocycles. The standard InChI is InChI=1S/C10H14ClN5O2S/c1-10(2,19(3,17)18)5-12-7-6-4-13-16-8(6)15-9(11)14-7/h4H,5H2,1-3H3,(H2,12,13,14,15,16). The molecule has 2 aromatic rings. The lowest BCUT2D eigenvalue weighted by atomic mass is 10.2. The molecule has 0 aliphatic rings. The van der Waals surface area contributed by atoms with Gasteiger partial charge in [0.15, 0.2) is 15.5 Å². The molecule has 0 bridgehead atoms. The van der Waals surface area contributed by atoms with Crippen LogP contribution in [0.25, 0.3) is 11.0 Å². The van der Waals surface area contributed by atoms with E-state index in [0.29, 0.717) is 16.9 Å². The number of fused-ring (bicyclic) bond motifs is 1. The van der Waals surface area contributed by atoms with Gasteiger partial charge in [0, 0.05) is 12.8 Å². The van der Waals surface area contributed by atoms with Crippen LogP contribution in [-0.2, 0) is 9.84 Å². The minimum atomic E-state index is -3.18. The second-order valence-electron chi connectivity index (χ2n) is 4.86. The van der Waals surface area contributed by atoms with Crippen molar-refractivity contribution < 1.29 is 8.42 Å². The van der Waals surface area contributed by atoms with Crippen molar-refractivity contribution in [2.75, 3.05) is 18.1 Å². The number of aromatic amines is 1. The molecule has 104 valence electrons. The summed E-state index contributed by atoms with van der Waals surface area (Å²) in [5.41, 5.74) is 0.500. The SMILES string of the molecule is CC(C)(CNc1nc(Cl)nc2[nH]ncc12)S(C)(=O)=O. The van der Waals surface area contributed by atoms with E-state index in [0.717, 1.165) is 0 Å². The van der Waals surface area contributed by atoms with E-state index in [4.69, 9.17) is 11.6 Å². The number of nitrogens with zero attached hydrogens (tertiary/aromatic N) is 3. The zero-order valence-corrected chi connectivity index (χ0v) is 12.3. The Morgan fingerprint density at radius 1 is 1.42 bits per heavy atom. The molecule has 0 saturated heterocycles. The van der Waals surface area contributed by atoms with Gasteiger partial charge in [0.25, 0.3) is 0 Å². The second-order valence-corrected chi connectivity index (χ2v) is 7.85. The van der Waals surface area contributed by atoms with Crippen LogP contribution in [0.15, 0.2) is 6.20 Å². The molecule has 2 rings (SSSR count). The summed E-state index contributed by atoms with van der Waals surface area (Å²) >= 11 is 5.79. The van der Waals surface area contributed by atoms with Crippen LogP contribution < -0.4 is 5.32 Å². The van der Waals surface area contributed by atoms with Crippen LogP contribution in [0.2, 0.25) is 5.28 Å². The highest BCUT2D eigenvalue weighted by atomic mass is 35.5. The molecule has 0 saturated carbocycles. The quantitative estimate of drug-likeness (QED) is 0.824. The summed E-state index contributed by atoms with van der Waals surface area (Å²) in [6, 6.07) is 0. The number of hydrogen-bond donors (Lipinski definition) is 2. The van der Waals surface area contributed by atoms with Gasteiger partial charge in [-0.1, -0.05) is 0 Å². The summed E-state index contributed by atoms with van der Waals surface area (Å²) in [6.07, 6.45) is 2.76. The fraction of sp³-hybridized carbons (Fsp3) is 0.500. The van der Waals surface area contributed by atoms with E-state index in [-0.39, 0.29) is 11.8 Å². The summed E-state index contributed by atoms with van der Waals surface area (Å²) in [6.45, 7) is 3.49. The van der Waals surface area contributed by atoms with E-state index >= 15 is 0 Å². The number of hydrogen-bond acceptors (Lipinski definition) is 6. The average molecular weight is 304 g/mol. The van der Waals surface area contributed by atoms with Crippen LogP contribution in [0.1, 0.15) is 13.8 Å². The third kappa shape index (κ3) is 2.79. The van der Waals surface area contributed by atoms with Crippen molar-refractivity contribution in [3.05, 3.63) is 11.5 Å². The van der Waals surface area contributed by atoms with Crippen LogP contribution in [0.4, 0.5) is 5.82 Å². The molecule has 0 aliphatic heterocycles. The average Bonchev–Trinajstić information content (AvgIpc) is 2.72. The van der Waals surface area contributed by atoms with Crippen molar-refractivity contribution in [2.24, 2.45) is 0 Å². The lowest BCUT2D eigenvalue weighted by molar-refractivity contribution is 0.559. The fourth-order valence-corrected chi connectivity index (χ4v) is 1.87. The van der Waals surface area contributed by atoms with Crippen LogP contribution in [0, 0.1) is 0 Å². The molecule has 0 aliphatic carbocycles. The monoisotopic (exact) mass is 303 g/mol. The third-order valence-corrected chi connectivity index (χ3v) is 5.29. The Morgan fingerprint density at radius 3 is 2.74 bits per heavy atom. The molecule has 0 radical (unpaired) electrons. The number of anilines is 1. The maximum atomic E-state index is 11.6. The van der Waals surface area contributed by atoms with Crippen molar-refractivity contribution in [3.8, 4) is 0 Å². The maximum absolute atomic E-state index is 11.6. The van der Waals surface area contributed by atoms with Crippen LogP contribution in [0.3, 0.4) is 0 Å². The zero-order chi connectivity index (χ0) is 14.3. The Kier molecular flexibility index (Phi) is 3.40. The number of rotatable bonds is 4. The molecule has 9 heteroatoms. The van der Waals surface area contributed by atoms with Crippen LogP contribution in [0.5, 0.6) is 0 Å². The lowest BCUT2D eigenvalue weighted by Gasteiger charge is -2.23. The molecule has 0 aromatic carbocycles. The lowest BCUT2D eigenvalue weighted by Crippen LogP contribution is -2.38. The van der Waals surface area contributed by atoms with Crippen molar-refractivity contribution in [1.82, 2.24) is 20.2 Å². The van der Waals surface area contributed by atoms with Gasteiger partial charge in [-0.3, -0.25) is 5.10 Å². The Morgan fingerprint density at radius 2 is 2.11 bits per heavy atom. The van der Waals surface area contributed by atoms with Crippen molar-refractivity contribution in [3.63, 3.8) is 0 Å². The van der Waals surface area contributed by atoms with Gasteiger partial charge in [0.1, 0.15) is 5.82 Å². The first kappa shape index (κ1) is 14.0. The third-order valence-electron chi connectivity index (χ3n) is 2.97. The van der Waals surface area contributed by atoms with Gasteiger partial charge in [-0.15, -0.1) is 0 Å². The molecule has 2 aromatic heterocycles. The van der Waals surface area contributed by atoms with Crippen molar-refractivity contribution >= 4 is 38.3 Å². The van der Waals surface area contributed by atoms with Crippen molar-refractivity contribution in [1.29, 1.82) is 0 Å². The van der Waals surface area contributed by atoms with Crippen LogP contribution >= 0.6 is 11.6 Å². The number of H-pyrrole nitrogens is 1. The van der Waals surface area contributed by atoms with Gasteiger partial charge in [0.05, 0.1) is 16.3 Å². The summed E-state index contributed by atoms with van der Waals surface area (Å²) < 4.78 is 22.4. The number of halogens is 1. The smallest absolute Gasteiger partial charge is 0.226 e. The van der Waals surface area contributed by atoms with Gasteiger partial charge < -0.3 is 5.32 Å². The predicted molar refractivity (Wildman–Crippen MR) is 74.1 cm³/mol. The van der Waals surface area contributed by atoms with Crippen molar-refractivity contribution in [2.45, 2.75) is 18.6 Å². The van der Waals surface area contributed by atoms with Gasteiger partial charge in [-0.2, -0.15) is 15.1 Å². The van der Waals surface area contributed by atoms with E-state index in [2.05, 4.69) is 25.5 Å². The highest BCUT2D eigenvalue weighted by Gasteiger charge is 2.30. The molecule has 7 nitrogen and oxygen atoms in total. The Hall–Kier alpha value is -1.41. The molecule has 2 N–H and O–H groups in total. The molecule has 0 atom stereocenters. The topological polar surface area (TPSA) is 101 Å². The fourth-order valence-electron chi connectivity index (χ4n) is 1.37. The Labute approximate surface area is 115 Å². The molecule has 0 unspecified atom stereocenters. The molecular weight excluding hydrogens is 290 g/mol. The molecule has 19 heavy (non-hydrogen) atoms. The van der Waals surface area contributed by atoms with Gasteiger partial charge in [0.2, 0.25) is 5.28 Å². The van der Waals surface area contributed by atoms with Crippen LogP contribution in [-0.4, -0.2) is 46.1 Å². The zero-order valence-electron chi connectivity index (χ0n) is 10.7. The molecule has 0 fully saturated rings. The molecule has 0 amide bonds. The summed E-state index contributed by atoms with van der Waals surface area (Å²) in [5.74, 6) is 0.459. The first-order valence-corrected chi connectivity index (χ1v) is 7.78. The van der Waals surface area contributed by atoms with E-state index < -0.39 is 14.6 Å². The Bertz CT molecular complexity index is 710. The summed E-state index contributed by atoms with van der Waals surface area (Å²) in [4.78, 5) is 8.01. The number of nitrogens with one attached hydrogen (secondary N) is 2. The van der Waals surface area contributed by atoms with E-state index in [9.17, 15) is 8.42 Å². The predicted octanol–water partition coefficient (Wildman–Crippen LogP) is 1.24. The van der Waals surface area contributed by atoms with Gasteiger partial charge in [-0.25, -0.2) is 8.42 Å². The number of aromatic nitrogens is 4. The summed E-state index contributed by atoms with van der Waals surface area (Å²) in [5, 5.41) is 10.2. The molecular formula is C10H14ClN5O2S. The first-order valence-electron chi connectivity index (χ1n) is 5.51. The van der Waals surface area contributed by atoms with E-state index in [1.165, 1.54) is 6.26 Å². The van der Waals surface area contributed by atoms with Gasteiger partial charge in [-0.05, 0) is 25.4 Å². The highest BCUT2D eigenvalue weighted by Crippen LogP contribution is 2.22. The summed E-state index contributed by atoms with van der Waals surface area (Å²) in [7, 11) is -3.18. The molecule has 0 spiro atoms. The largest absolute Gasteiger partial charge is 0.368 e. The van der Waals surface area contributed by atoms with Gasteiger partial charge >= 0.3 is 0 Å². The maximum Gasteiger partial charge on any atom is 0.226 e. The van der Waals surface area contributed by atoms with E-state index in [1.54, 1.807) is 20.0 Å². The first-order chi connectivity index (χ1) is 8.71.